The lowest BCUT2D eigenvalue weighted by atomic mass is 9.85. The number of aliphatic carboxylic acids is 1. The van der Waals surface area contributed by atoms with Crippen molar-refractivity contribution in [3.05, 3.63) is 117 Å². The predicted molar refractivity (Wildman–Crippen MR) is 264 cm³/mol. The van der Waals surface area contributed by atoms with Gasteiger partial charge in [-0.2, -0.15) is 0 Å². The van der Waals surface area contributed by atoms with Gasteiger partial charge in [0.05, 0.1) is 47.5 Å². The van der Waals surface area contributed by atoms with Crippen LogP contribution < -0.4 is 20.1 Å². The molecule has 2 aliphatic heterocycles. The first kappa shape index (κ1) is 48.7. The van der Waals surface area contributed by atoms with Crippen molar-refractivity contribution in [3.63, 3.8) is 0 Å². The minimum absolute atomic E-state index is 0.0549. The highest BCUT2D eigenvalue weighted by Crippen LogP contribution is 2.40. The maximum atomic E-state index is 14.3. The molecule has 0 saturated carbocycles. The van der Waals surface area contributed by atoms with Crippen LogP contribution in [0.1, 0.15) is 97.1 Å². The number of carboxylic acid groups (broad SMARTS) is 1. The van der Waals surface area contributed by atoms with Gasteiger partial charge in [-0.25, -0.2) is 4.98 Å². The number of thiazole rings is 1. The van der Waals surface area contributed by atoms with E-state index in [-0.39, 0.29) is 25.4 Å². The van der Waals surface area contributed by atoms with Crippen molar-refractivity contribution >= 4 is 52.1 Å². The van der Waals surface area contributed by atoms with E-state index in [0.29, 0.717) is 28.9 Å². The molecule has 1 fully saturated rings. The van der Waals surface area contributed by atoms with Crippen LogP contribution in [-0.2, 0) is 19.2 Å². The quantitative estimate of drug-likeness (QED) is 0.0841. The molecule has 3 aromatic carbocycles. The molecular weight excluding hydrogens is 917 g/mol. The van der Waals surface area contributed by atoms with E-state index in [9.17, 15) is 29.4 Å². The van der Waals surface area contributed by atoms with E-state index in [2.05, 4.69) is 32.7 Å². The van der Waals surface area contributed by atoms with Crippen LogP contribution in [0, 0.1) is 33.1 Å². The van der Waals surface area contributed by atoms with Crippen molar-refractivity contribution in [2.24, 2.45) is 10.4 Å². The van der Waals surface area contributed by atoms with Gasteiger partial charge in [-0.15, -0.1) is 32.9 Å². The van der Waals surface area contributed by atoms with E-state index >= 15 is 0 Å². The number of nitrogens with one attached hydrogen (secondary N) is 2. The predicted octanol–water partition coefficient (Wildman–Crippen LogP) is 7.48. The number of aromatic nitrogens is 4. The third-order valence-corrected chi connectivity index (χ3v) is 14.9. The van der Waals surface area contributed by atoms with Gasteiger partial charge in [-0.1, -0.05) is 75.4 Å². The first-order valence-corrected chi connectivity index (χ1v) is 24.3. The van der Waals surface area contributed by atoms with Gasteiger partial charge in [0.25, 0.3) is 5.91 Å². The number of fused-ring (bicyclic) bond motifs is 3. The van der Waals surface area contributed by atoms with E-state index in [1.54, 1.807) is 34.8 Å². The number of carbonyl (C=O) groups excluding carboxylic acids is 3. The van der Waals surface area contributed by atoms with Gasteiger partial charge in [-0.3, -0.25) is 28.7 Å². The molecule has 8 rings (SSSR count). The lowest BCUT2D eigenvalue weighted by Crippen LogP contribution is -2.58. The first-order chi connectivity index (χ1) is 32.8. The number of ether oxygens (including phenoxy) is 2. The van der Waals surface area contributed by atoms with Crippen LogP contribution in [0.3, 0.4) is 0 Å². The molecule has 0 radical (unpaired) electrons. The number of nitrogens with zero attached hydrogens (tertiary/aromatic N) is 6. The highest BCUT2D eigenvalue weighted by atomic mass is 32.1. The molecule has 5 atom stereocenters. The molecule has 3 aromatic heterocycles. The second-order valence-corrected chi connectivity index (χ2v) is 20.7. The van der Waals surface area contributed by atoms with Crippen molar-refractivity contribution in [2.75, 3.05) is 20.3 Å². The average Bonchev–Trinajstić information content (AvgIpc) is 4.09. The maximum absolute atomic E-state index is 14.3. The molecule has 2 unspecified atom stereocenters. The largest absolute Gasteiger partial charge is 0.493 e. The zero-order chi connectivity index (χ0) is 49.5. The number of methoxy groups -OCH3 is 1. The maximum Gasteiger partial charge on any atom is 0.306 e. The lowest BCUT2D eigenvalue weighted by molar-refractivity contribution is -0.144. The normalized spacial score (nSPS) is 17.5. The summed E-state index contributed by atoms with van der Waals surface area (Å²) in [4.78, 5) is 66.6. The number of aryl methyl sites for hydroxylation is 3. The second-order valence-electron chi connectivity index (χ2n) is 18.6. The zero-order valence-electron chi connectivity index (χ0n) is 40.0. The average molecular weight is 973 g/mol. The van der Waals surface area contributed by atoms with Crippen molar-refractivity contribution < 1.29 is 38.9 Å². The van der Waals surface area contributed by atoms with Gasteiger partial charge in [0.15, 0.2) is 23.9 Å². The molecule has 0 bridgehead atoms. The number of carboxylic acids is 1. The number of β-amino-alcohol motifs (C(OH)–C–C–N with tert-alkyl or cyclic N) is 1. The minimum Gasteiger partial charge on any atom is -0.493 e. The highest BCUT2D eigenvalue weighted by molar-refractivity contribution is 7.15. The van der Waals surface area contributed by atoms with Crippen LogP contribution in [0.25, 0.3) is 26.6 Å². The van der Waals surface area contributed by atoms with E-state index in [0.717, 1.165) is 59.4 Å². The van der Waals surface area contributed by atoms with E-state index in [1.165, 1.54) is 12.0 Å². The third-order valence-electron chi connectivity index (χ3n) is 12.7. The van der Waals surface area contributed by atoms with E-state index in [4.69, 9.17) is 14.5 Å². The summed E-state index contributed by atoms with van der Waals surface area (Å²) in [5.74, 6) is -0.591. The molecule has 6 aromatic rings. The summed E-state index contributed by atoms with van der Waals surface area (Å²) >= 11 is 3.16. The van der Waals surface area contributed by atoms with E-state index in [1.807, 2.05) is 113 Å². The zero-order valence-corrected chi connectivity index (χ0v) is 41.6. The minimum atomic E-state index is -1.04. The Bertz CT molecular complexity index is 2950. The Morgan fingerprint density at radius 1 is 0.899 bits per heavy atom. The monoisotopic (exact) mass is 972 g/mol. The summed E-state index contributed by atoms with van der Waals surface area (Å²) in [6.45, 7) is 14.8. The molecule has 360 valence electrons. The fraction of sp³-hybridized carbons (Fsp3) is 0.373. The number of amides is 3. The SMILES string of the molecule is COc1cc(-c2ccc(C3=N[C@@H](CC(=O)O)c4nnc(C)n4-c4sc(C)c(C)c43)cc2)ccc1OCC(=O)NC(C(=O)N1C[C@H](O)C[C@H]1C(=O)NC(C)c1ccc(-c2scnc2C)cc1)C(C)(C)C. The number of hydrogen-bond donors (Lipinski definition) is 4. The number of aliphatic hydroxyl groups is 1. The van der Waals surface area contributed by atoms with Crippen LogP contribution in [0.15, 0.2) is 77.2 Å². The molecule has 0 aliphatic carbocycles. The fourth-order valence-electron chi connectivity index (χ4n) is 8.84. The summed E-state index contributed by atoms with van der Waals surface area (Å²) in [6, 6.07) is 18.0. The Morgan fingerprint density at radius 3 is 2.23 bits per heavy atom. The van der Waals surface area contributed by atoms with Crippen LogP contribution >= 0.6 is 22.7 Å². The summed E-state index contributed by atoms with van der Waals surface area (Å²) in [5.41, 5.74) is 9.04. The third kappa shape index (κ3) is 10.0. The number of aliphatic hydroxyl groups excluding tert-OH is 1. The second kappa shape index (κ2) is 19.7. The smallest absolute Gasteiger partial charge is 0.306 e. The summed E-state index contributed by atoms with van der Waals surface area (Å²) in [5, 5.41) is 36.0. The lowest BCUT2D eigenvalue weighted by Gasteiger charge is -2.35. The van der Waals surface area contributed by atoms with Gasteiger partial charge < -0.3 is 35.2 Å². The molecule has 3 amide bonds. The standard InChI is InChI=1S/C51H56N8O8S2/c1-26-29(4)69-50-43(26)44(54-37(22-42(62)63)47-57-56-30(5)59(47)50)33-14-12-32(13-15-33)35-18-19-39(40(20-35)66-9)67-24-41(61)55-46(51(6,7)8)49(65)58-23-36(60)21-38(58)48(64)53-27(2)31-10-16-34(17-11-31)45-28(3)52-25-68-45/h10-20,25,27,36-38,46,60H,21-24H2,1-9H3,(H,53,64)(H,55,61)(H,62,63)/t27?,36-,37+,38+,46?/m1/s1. The molecule has 5 heterocycles. The van der Waals surface area contributed by atoms with Gasteiger partial charge in [0.1, 0.15) is 29.0 Å². The Hall–Kier alpha value is -6.76. The number of rotatable bonds is 14. The van der Waals surface area contributed by atoms with Crippen LogP contribution in [0.5, 0.6) is 11.5 Å². The number of aliphatic imine (C=N–C) groups is 1. The van der Waals surface area contributed by atoms with Crippen molar-refractivity contribution in [1.29, 1.82) is 0 Å². The van der Waals surface area contributed by atoms with Crippen molar-refractivity contribution in [2.45, 2.75) is 98.5 Å². The van der Waals surface area contributed by atoms with Crippen molar-refractivity contribution in [3.8, 4) is 38.1 Å². The summed E-state index contributed by atoms with van der Waals surface area (Å²) in [7, 11) is 1.50. The number of carbonyl (C=O) groups is 4. The fourth-order valence-corrected chi connectivity index (χ4v) is 10.9. The molecule has 4 N–H and O–H groups in total. The number of benzene rings is 3. The van der Waals surface area contributed by atoms with Gasteiger partial charge in [0.2, 0.25) is 11.8 Å². The molecule has 2 aliphatic rings. The van der Waals surface area contributed by atoms with Crippen LogP contribution in [0.4, 0.5) is 0 Å². The molecule has 0 spiro atoms. The van der Waals surface area contributed by atoms with E-state index < -0.39 is 59.9 Å². The molecule has 69 heavy (non-hydrogen) atoms. The number of likely N-dealkylation sites (tertiary alicyclic amines) is 1. The Kier molecular flexibility index (Phi) is 13.9. The Morgan fingerprint density at radius 2 is 1.58 bits per heavy atom. The van der Waals surface area contributed by atoms with Gasteiger partial charge >= 0.3 is 5.97 Å². The molecule has 16 nitrogen and oxygen atoms in total. The highest BCUT2D eigenvalue weighted by Gasteiger charge is 2.45. The molecule has 18 heteroatoms. The number of thiophene rings is 1. The van der Waals surface area contributed by atoms with Crippen LogP contribution in [-0.4, -0.2) is 103 Å². The number of hydrogen-bond acceptors (Lipinski definition) is 13. The van der Waals surface area contributed by atoms with Gasteiger partial charge in [0, 0.05) is 29.0 Å². The van der Waals surface area contributed by atoms with Crippen molar-refractivity contribution in [1.82, 2.24) is 35.3 Å². The first-order valence-electron chi connectivity index (χ1n) is 22.7. The van der Waals surface area contributed by atoms with Crippen LogP contribution in [0.2, 0.25) is 0 Å². The summed E-state index contributed by atoms with van der Waals surface area (Å²) < 4.78 is 13.6. The Labute approximate surface area is 408 Å². The summed E-state index contributed by atoms with van der Waals surface area (Å²) in [6.07, 6.45) is -1.10. The molecule has 1 saturated heterocycles. The molecular formula is C51H56N8O8S2. The van der Waals surface area contributed by atoms with Gasteiger partial charge in [-0.05, 0) is 80.0 Å². The topological polar surface area (TPSA) is 210 Å². The Balaban J connectivity index is 0.931.